The number of nitrogens with zero attached hydrogens (tertiary/aromatic N) is 1. The molecule has 0 saturated heterocycles. The zero-order chi connectivity index (χ0) is 15.1. The van der Waals surface area contributed by atoms with Crippen LogP contribution in [0.4, 0.5) is 5.69 Å². The lowest BCUT2D eigenvalue weighted by atomic mass is 10.1. The molecule has 1 unspecified atom stereocenters. The number of halogens is 1. The number of anilines is 1. The molecule has 1 atom stereocenters. The average molecular weight is 315 g/mol. The van der Waals surface area contributed by atoms with Gasteiger partial charge < -0.3 is 10.2 Å². The zero-order valence-corrected chi connectivity index (χ0v) is 14.8. The topological polar surface area (TPSA) is 15.3 Å². The Kier molecular flexibility index (Phi) is 7.78. The maximum atomic E-state index is 6.44. The summed E-state index contributed by atoms with van der Waals surface area (Å²) in [6, 6.07) is 7.36. The first-order valence-corrected chi connectivity index (χ1v) is 8.96. The number of hydrogen-bond acceptors (Lipinski definition) is 3. The highest BCUT2D eigenvalue weighted by Crippen LogP contribution is 2.28. The Morgan fingerprint density at radius 3 is 2.55 bits per heavy atom. The summed E-state index contributed by atoms with van der Waals surface area (Å²) in [5.41, 5.74) is 2.35. The lowest BCUT2D eigenvalue weighted by Crippen LogP contribution is -2.29. The molecular formula is C16H27ClN2S. The van der Waals surface area contributed by atoms with E-state index < -0.39 is 0 Å². The normalized spacial score (nSPS) is 12.8. The molecule has 1 N–H and O–H groups in total. The van der Waals surface area contributed by atoms with Crippen molar-refractivity contribution in [1.29, 1.82) is 0 Å². The Balaban J connectivity index is 2.71. The summed E-state index contributed by atoms with van der Waals surface area (Å²) in [4.78, 5) is 2.28. The Morgan fingerprint density at radius 2 is 2.00 bits per heavy atom. The number of rotatable bonds is 8. The first-order chi connectivity index (χ1) is 9.45. The largest absolute Gasteiger partial charge is 0.371 e. The summed E-state index contributed by atoms with van der Waals surface area (Å²) in [5, 5.41) is 4.25. The molecule has 2 nitrogen and oxygen atoms in total. The van der Waals surface area contributed by atoms with E-state index in [1.807, 2.05) is 11.8 Å². The molecule has 0 amide bonds. The second kappa shape index (κ2) is 8.81. The Labute approximate surface area is 133 Å². The van der Waals surface area contributed by atoms with Crippen molar-refractivity contribution in [3.63, 3.8) is 0 Å². The monoisotopic (exact) mass is 314 g/mol. The molecule has 0 spiro atoms. The second-order valence-electron chi connectivity index (χ2n) is 5.56. The van der Waals surface area contributed by atoms with Crippen LogP contribution in [0.1, 0.15) is 32.8 Å². The average Bonchev–Trinajstić information content (AvgIpc) is 2.41. The van der Waals surface area contributed by atoms with Crippen molar-refractivity contribution in [1.82, 2.24) is 5.32 Å². The Bertz CT molecular complexity index is 409. The molecule has 1 aromatic carbocycles. The lowest BCUT2D eigenvalue weighted by molar-refractivity contribution is 0.589. The number of hydrogen-bond donors (Lipinski definition) is 1. The molecule has 0 fully saturated rings. The van der Waals surface area contributed by atoms with Crippen LogP contribution in [0.15, 0.2) is 18.2 Å². The van der Waals surface area contributed by atoms with Crippen LogP contribution in [0.2, 0.25) is 5.02 Å². The third-order valence-corrected chi connectivity index (χ3v) is 4.45. The van der Waals surface area contributed by atoms with Crippen LogP contribution in [0.3, 0.4) is 0 Å². The fourth-order valence-corrected chi connectivity index (χ4v) is 2.90. The van der Waals surface area contributed by atoms with Gasteiger partial charge in [0.15, 0.2) is 0 Å². The molecule has 0 aliphatic heterocycles. The van der Waals surface area contributed by atoms with Crippen LogP contribution in [0.5, 0.6) is 0 Å². The molecule has 4 heteroatoms. The van der Waals surface area contributed by atoms with Gasteiger partial charge in [0, 0.05) is 25.7 Å². The summed E-state index contributed by atoms with van der Waals surface area (Å²) in [6.07, 6.45) is 3.32. The van der Waals surface area contributed by atoms with E-state index in [2.05, 4.69) is 62.5 Å². The summed E-state index contributed by atoms with van der Waals surface area (Å²) >= 11 is 8.33. The lowest BCUT2D eigenvalue weighted by Gasteiger charge is -2.28. The van der Waals surface area contributed by atoms with Crippen LogP contribution < -0.4 is 10.2 Å². The van der Waals surface area contributed by atoms with Gasteiger partial charge in [-0.05, 0) is 43.0 Å². The Morgan fingerprint density at radius 1 is 1.30 bits per heavy atom. The van der Waals surface area contributed by atoms with Crippen molar-refractivity contribution in [2.45, 2.75) is 45.8 Å². The molecule has 0 heterocycles. The molecule has 0 aliphatic carbocycles. The third-order valence-electron chi connectivity index (χ3n) is 3.51. The van der Waals surface area contributed by atoms with Crippen molar-refractivity contribution in [3.05, 3.63) is 28.8 Å². The molecule has 0 aliphatic rings. The first kappa shape index (κ1) is 17.7. The van der Waals surface area contributed by atoms with Crippen molar-refractivity contribution in [2.24, 2.45) is 0 Å². The standard InChI is InChI=1S/C16H27ClN2S/c1-12(2)18-11-14-6-7-16(15(17)10-14)19(4)13(3)8-9-20-5/h6-7,10,12-13,18H,8-9,11H2,1-5H3. The predicted molar refractivity (Wildman–Crippen MR) is 94.3 cm³/mol. The van der Waals surface area contributed by atoms with E-state index in [4.69, 9.17) is 11.6 Å². The highest BCUT2D eigenvalue weighted by molar-refractivity contribution is 7.98. The molecule has 1 rings (SSSR count). The summed E-state index contributed by atoms with van der Waals surface area (Å²) in [6.45, 7) is 7.42. The van der Waals surface area contributed by atoms with Gasteiger partial charge in [-0.25, -0.2) is 0 Å². The third kappa shape index (κ3) is 5.55. The molecule has 0 radical (unpaired) electrons. The highest BCUT2D eigenvalue weighted by Gasteiger charge is 2.13. The maximum absolute atomic E-state index is 6.44. The molecule has 20 heavy (non-hydrogen) atoms. The molecule has 114 valence electrons. The van der Waals surface area contributed by atoms with Crippen LogP contribution in [0.25, 0.3) is 0 Å². The minimum absolute atomic E-state index is 0.489. The van der Waals surface area contributed by atoms with Crippen molar-refractivity contribution in [2.75, 3.05) is 24.0 Å². The smallest absolute Gasteiger partial charge is 0.0642 e. The van der Waals surface area contributed by atoms with Gasteiger partial charge in [0.2, 0.25) is 0 Å². The Hall–Kier alpha value is -0.380. The fourth-order valence-electron chi connectivity index (χ4n) is 1.99. The minimum Gasteiger partial charge on any atom is -0.371 e. The zero-order valence-electron chi connectivity index (χ0n) is 13.2. The minimum atomic E-state index is 0.489. The molecule has 1 aromatic rings. The fraction of sp³-hybridized carbons (Fsp3) is 0.625. The van der Waals surface area contributed by atoms with Gasteiger partial charge in [-0.15, -0.1) is 0 Å². The molecule has 0 bridgehead atoms. The van der Waals surface area contributed by atoms with E-state index in [1.165, 1.54) is 17.7 Å². The van der Waals surface area contributed by atoms with E-state index in [9.17, 15) is 0 Å². The van der Waals surface area contributed by atoms with E-state index >= 15 is 0 Å². The molecule has 0 aromatic heterocycles. The molecule has 0 saturated carbocycles. The van der Waals surface area contributed by atoms with E-state index in [-0.39, 0.29) is 0 Å². The van der Waals surface area contributed by atoms with Gasteiger partial charge in [0.25, 0.3) is 0 Å². The van der Waals surface area contributed by atoms with E-state index in [1.54, 1.807) is 0 Å². The summed E-state index contributed by atoms with van der Waals surface area (Å²) < 4.78 is 0. The van der Waals surface area contributed by atoms with Gasteiger partial charge in [-0.3, -0.25) is 0 Å². The quantitative estimate of drug-likeness (QED) is 0.765. The van der Waals surface area contributed by atoms with Crippen LogP contribution in [-0.4, -0.2) is 31.1 Å². The molecular weight excluding hydrogens is 288 g/mol. The SMILES string of the molecule is CSCCC(C)N(C)c1ccc(CNC(C)C)cc1Cl. The number of nitrogens with one attached hydrogen (secondary N) is 1. The summed E-state index contributed by atoms with van der Waals surface area (Å²) in [7, 11) is 2.12. The second-order valence-corrected chi connectivity index (χ2v) is 6.96. The van der Waals surface area contributed by atoms with Gasteiger partial charge in [0.1, 0.15) is 0 Å². The maximum Gasteiger partial charge on any atom is 0.0642 e. The van der Waals surface area contributed by atoms with Gasteiger partial charge in [-0.1, -0.05) is 31.5 Å². The first-order valence-electron chi connectivity index (χ1n) is 7.19. The van der Waals surface area contributed by atoms with Crippen molar-refractivity contribution in [3.8, 4) is 0 Å². The highest BCUT2D eigenvalue weighted by atomic mass is 35.5. The summed E-state index contributed by atoms with van der Waals surface area (Å²) in [5.74, 6) is 1.18. The van der Waals surface area contributed by atoms with Crippen molar-refractivity contribution < 1.29 is 0 Å². The van der Waals surface area contributed by atoms with Crippen LogP contribution in [-0.2, 0) is 6.54 Å². The van der Waals surface area contributed by atoms with Crippen LogP contribution >= 0.6 is 23.4 Å². The van der Waals surface area contributed by atoms with Gasteiger partial charge in [-0.2, -0.15) is 11.8 Å². The van der Waals surface area contributed by atoms with Gasteiger partial charge in [0.05, 0.1) is 10.7 Å². The van der Waals surface area contributed by atoms with Crippen LogP contribution in [0, 0.1) is 0 Å². The van der Waals surface area contributed by atoms with E-state index in [0.29, 0.717) is 12.1 Å². The van der Waals surface area contributed by atoms with Crippen molar-refractivity contribution >= 4 is 29.1 Å². The van der Waals surface area contributed by atoms with Gasteiger partial charge >= 0.3 is 0 Å². The predicted octanol–water partition coefficient (Wildman–Crippen LogP) is 4.42. The number of benzene rings is 1. The van der Waals surface area contributed by atoms with E-state index in [0.717, 1.165) is 17.3 Å². The number of thioether (sulfide) groups is 1.